The summed E-state index contributed by atoms with van der Waals surface area (Å²) < 4.78 is 0. The Morgan fingerprint density at radius 1 is 1.83 bits per heavy atom. The van der Waals surface area contributed by atoms with Crippen LogP contribution in [-0.2, 0) is 21.1 Å². The minimum Gasteiger partial charge on any atom is -0.392 e. The molecule has 3 heteroatoms. The van der Waals surface area contributed by atoms with Gasteiger partial charge in [-0.1, -0.05) is 0 Å². The van der Waals surface area contributed by atoms with Gasteiger partial charge in [0.05, 0.1) is 6.10 Å². The van der Waals surface area contributed by atoms with Crippen molar-refractivity contribution >= 4 is 0 Å². The molecule has 0 heterocycles. The molecule has 0 aromatic carbocycles. The fraction of sp³-hybridized carbons (Fsp3) is 1.00. The third-order valence-corrected chi connectivity index (χ3v) is 0.341. The Kier molecular flexibility index (Phi) is 9.15. The topological polar surface area (TPSA) is 46.2 Å². The quantitative estimate of drug-likeness (QED) is 0.663. The van der Waals surface area contributed by atoms with Crippen LogP contribution in [0.3, 0.4) is 0 Å². The van der Waals surface area contributed by atoms with Gasteiger partial charge < -0.3 is 10.8 Å². The van der Waals surface area contributed by atoms with Crippen molar-refractivity contribution in [2.45, 2.75) is 13.0 Å². The first kappa shape index (κ1) is 9.79. The maximum Gasteiger partial charge on any atom is 0.0634 e. The normalized spacial score (nSPS) is 12.5. The van der Waals surface area contributed by atoms with Crippen LogP contribution in [0.5, 0.6) is 0 Å². The Hall–Kier alpha value is 0.608. The monoisotopic (exact) mass is 270 g/mol. The standard InChI is InChI=1S/C3H9NO.Pt/c1-3(5)2-4;/h3,5H,2,4H2,1H3;. The summed E-state index contributed by atoms with van der Waals surface area (Å²) in [5.74, 6) is 0. The number of aliphatic hydroxyl groups is 1. The van der Waals surface area contributed by atoms with E-state index in [9.17, 15) is 0 Å². The third kappa shape index (κ3) is 8.82. The van der Waals surface area contributed by atoms with Crippen LogP contribution in [0.4, 0.5) is 0 Å². The van der Waals surface area contributed by atoms with Crippen molar-refractivity contribution in [2.24, 2.45) is 5.73 Å². The molecule has 0 amide bonds. The van der Waals surface area contributed by atoms with E-state index in [4.69, 9.17) is 10.8 Å². The van der Waals surface area contributed by atoms with Crippen molar-refractivity contribution in [1.82, 2.24) is 0 Å². The van der Waals surface area contributed by atoms with Gasteiger partial charge in [-0.15, -0.1) is 0 Å². The van der Waals surface area contributed by atoms with Crippen LogP contribution in [-0.4, -0.2) is 17.8 Å². The van der Waals surface area contributed by atoms with Gasteiger partial charge in [0.25, 0.3) is 0 Å². The molecule has 0 aliphatic heterocycles. The van der Waals surface area contributed by atoms with Crippen molar-refractivity contribution < 1.29 is 26.2 Å². The van der Waals surface area contributed by atoms with Crippen molar-refractivity contribution in [3.05, 3.63) is 0 Å². The van der Waals surface area contributed by atoms with Crippen molar-refractivity contribution in [3.63, 3.8) is 0 Å². The van der Waals surface area contributed by atoms with Crippen LogP contribution in [0.15, 0.2) is 0 Å². The van der Waals surface area contributed by atoms with Crippen LogP contribution < -0.4 is 5.73 Å². The average molecular weight is 270 g/mol. The van der Waals surface area contributed by atoms with Crippen LogP contribution >= 0.6 is 0 Å². The first-order valence-corrected chi connectivity index (χ1v) is 1.65. The van der Waals surface area contributed by atoms with Crippen LogP contribution in [0.2, 0.25) is 0 Å². The molecule has 0 saturated heterocycles. The van der Waals surface area contributed by atoms with Crippen molar-refractivity contribution in [3.8, 4) is 0 Å². The SMILES string of the molecule is CC(O)CN.[Pt]. The summed E-state index contributed by atoms with van der Waals surface area (Å²) in [5, 5.41) is 8.24. The van der Waals surface area contributed by atoms with Gasteiger partial charge in [-0.25, -0.2) is 0 Å². The van der Waals surface area contributed by atoms with Gasteiger partial charge in [0, 0.05) is 27.6 Å². The molecule has 1 unspecified atom stereocenters. The van der Waals surface area contributed by atoms with Gasteiger partial charge in [-0.05, 0) is 6.92 Å². The smallest absolute Gasteiger partial charge is 0.0634 e. The average Bonchev–Trinajstić information content (AvgIpc) is 1.38. The van der Waals surface area contributed by atoms with E-state index in [1.165, 1.54) is 0 Å². The van der Waals surface area contributed by atoms with Crippen LogP contribution in [0.25, 0.3) is 0 Å². The predicted octanol–water partition coefficient (Wildman–Crippen LogP) is -0.677. The first-order valence-electron chi connectivity index (χ1n) is 1.65. The molecule has 0 aromatic heterocycles. The van der Waals surface area contributed by atoms with E-state index in [1.807, 2.05) is 0 Å². The van der Waals surface area contributed by atoms with Crippen LogP contribution in [0.1, 0.15) is 6.92 Å². The molecular formula is C3H9NOPt. The molecule has 3 N–H and O–H groups in total. The summed E-state index contributed by atoms with van der Waals surface area (Å²) in [6.07, 6.45) is -0.338. The largest absolute Gasteiger partial charge is 0.392 e. The Morgan fingerprint density at radius 3 is 2.00 bits per heavy atom. The second-order valence-electron chi connectivity index (χ2n) is 1.08. The Morgan fingerprint density at radius 2 is 2.00 bits per heavy atom. The fourth-order valence-corrected chi connectivity index (χ4v) is 0. The summed E-state index contributed by atoms with van der Waals surface area (Å²) in [6, 6.07) is 0. The van der Waals surface area contributed by atoms with Crippen molar-refractivity contribution in [2.75, 3.05) is 6.54 Å². The van der Waals surface area contributed by atoms with E-state index in [1.54, 1.807) is 6.92 Å². The molecule has 2 nitrogen and oxygen atoms in total. The van der Waals surface area contributed by atoms with Gasteiger partial charge in [0.2, 0.25) is 0 Å². The predicted molar refractivity (Wildman–Crippen MR) is 20.7 cm³/mol. The number of hydrogen-bond donors (Lipinski definition) is 2. The van der Waals surface area contributed by atoms with E-state index in [0.717, 1.165) is 0 Å². The van der Waals surface area contributed by atoms with E-state index in [2.05, 4.69) is 0 Å². The maximum absolute atomic E-state index is 8.24. The molecule has 0 aromatic rings. The molecule has 0 bridgehead atoms. The summed E-state index contributed by atoms with van der Waals surface area (Å²) in [7, 11) is 0. The molecule has 0 aliphatic carbocycles. The minimum absolute atomic E-state index is 0. The molecule has 1 atom stereocenters. The molecule has 0 saturated carbocycles. The Bertz CT molecular complexity index is 24.8. The molecule has 0 aliphatic rings. The van der Waals surface area contributed by atoms with Gasteiger partial charge in [-0.2, -0.15) is 0 Å². The number of rotatable bonds is 1. The summed E-state index contributed by atoms with van der Waals surface area (Å²) in [4.78, 5) is 0. The summed E-state index contributed by atoms with van der Waals surface area (Å²) in [6.45, 7) is 2.01. The zero-order valence-corrected chi connectivity index (χ0v) is 5.90. The molecule has 6 heavy (non-hydrogen) atoms. The Balaban J connectivity index is 0. The molecule has 0 spiro atoms. The minimum atomic E-state index is -0.338. The molecule has 0 rings (SSSR count). The van der Waals surface area contributed by atoms with E-state index < -0.39 is 0 Å². The molecule has 0 radical (unpaired) electrons. The maximum atomic E-state index is 8.24. The van der Waals surface area contributed by atoms with Gasteiger partial charge in [-0.3, -0.25) is 0 Å². The third-order valence-electron chi connectivity index (χ3n) is 0.341. The fourth-order valence-electron chi connectivity index (χ4n) is 0. The molecule has 0 fully saturated rings. The first-order chi connectivity index (χ1) is 2.27. The summed E-state index contributed by atoms with van der Waals surface area (Å²) >= 11 is 0. The summed E-state index contributed by atoms with van der Waals surface area (Å²) in [5.41, 5.74) is 4.92. The second-order valence-corrected chi connectivity index (χ2v) is 1.08. The number of hydrogen-bond acceptors (Lipinski definition) is 2. The zero-order chi connectivity index (χ0) is 4.28. The van der Waals surface area contributed by atoms with Crippen LogP contribution in [0, 0.1) is 0 Å². The van der Waals surface area contributed by atoms with Crippen molar-refractivity contribution in [1.29, 1.82) is 0 Å². The molecule has 42 valence electrons. The second kappa shape index (κ2) is 5.61. The van der Waals surface area contributed by atoms with E-state index in [0.29, 0.717) is 6.54 Å². The Labute approximate surface area is 52.0 Å². The number of nitrogens with two attached hydrogens (primary N) is 1. The van der Waals surface area contributed by atoms with E-state index in [-0.39, 0.29) is 27.2 Å². The number of aliphatic hydroxyl groups excluding tert-OH is 1. The van der Waals surface area contributed by atoms with Gasteiger partial charge in [0.15, 0.2) is 0 Å². The zero-order valence-electron chi connectivity index (χ0n) is 3.63. The molecular weight excluding hydrogens is 261 g/mol. The van der Waals surface area contributed by atoms with Gasteiger partial charge >= 0.3 is 0 Å². The van der Waals surface area contributed by atoms with E-state index >= 15 is 0 Å². The van der Waals surface area contributed by atoms with Gasteiger partial charge in [0.1, 0.15) is 0 Å².